The second-order valence-electron chi connectivity index (χ2n) is 5.61. The number of carboxylic acid groups (broad SMARTS) is 1. The number of hydrogen-bond acceptors (Lipinski definition) is 7. The van der Waals surface area contributed by atoms with E-state index in [4.69, 9.17) is 0 Å². The Bertz CT molecular complexity index is 981. The molecule has 2 aliphatic rings. The van der Waals surface area contributed by atoms with Crippen LogP contribution in [0.5, 0.6) is 0 Å². The van der Waals surface area contributed by atoms with Crippen LogP contribution in [0.3, 0.4) is 0 Å². The summed E-state index contributed by atoms with van der Waals surface area (Å²) in [6, 6.07) is 3.50. The fraction of sp³-hybridized carbons (Fsp3) is 0.357. The number of carbonyl (C=O) groups is 2. The molecule has 25 heavy (non-hydrogen) atoms. The normalized spacial score (nSPS) is 22.5. The Kier molecular flexibility index (Phi) is 3.84. The zero-order valence-corrected chi connectivity index (χ0v) is 14.7. The molecule has 0 spiro atoms. The molecule has 11 heteroatoms. The van der Waals surface area contributed by atoms with Crippen molar-refractivity contribution in [1.29, 1.82) is 0 Å². The summed E-state index contributed by atoms with van der Waals surface area (Å²) in [5.74, 6) is -0.650. The van der Waals surface area contributed by atoms with Gasteiger partial charge in [0.05, 0.1) is 11.8 Å². The predicted molar refractivity (Wildman–Crippen MR) is 91.3 cm³/mol. The van der Waals surface area contributed by atoms with E-state index >= 15 is 0 Å². The number of aromatic nitrogens is 4. The van der Waals surface area contributed by atoms with E-state index in [1.54, 1.807) is 37.0 Å². The van der Waals surface area contributed by atoms with E-state index < -0.39 is 5.97 Å². The Morgan fingerprint density at radius 3 is 2.92 bits per heavy atom. The van der Waals surface area contributed by atoms with Crippen LogP contribution >= 0.6 is 23.5 Å². The number of aryl methyl sites for hydroxylation is 1. The fourth-order valence-corrected chi connectivity index (χ4v) is 5.19. The lowest BCUT2D eigenvalue weighted by molar-refractivity contribution is -0.146. The first-order valence-electron chi connectivity index (χ1n) is 7.42. The van der Waals surface area contributed by atoms with Gasteiger partial charge in [0.2, 0.25) is 5.91 Å². The van der Waals surface area contributed by atoms with Crippen LogP contribution in [-0.4, -0.2) is 57.7 Å². The number of nitrogens with zero attached hydrogens (tertiary/aromatic N) is 5. The SMILES string of the molecule is Cn1nc2ccc(SCC3C=C(C(=O)O)N4C(=O)C[C@H]4S3)nn2c1=O. The minimum atomic E-state index is -1.09. The second kappa shape index (κ2) is 5.92. The maximum atomic E-state index is 11.9. The van der Waals surface area contributed by atoms with Crippen LogP contribution < -0.4 is 5.69 Å². The van der Waals surface area contributed by atoms with Crippen molar-refractivity contribution in [3.63, 3.8) is 0 Å². The van der Waals surface area contributed by atoms with Crippen molar-refractivity contribution in [2.45, 2.75) is 22.1 Å². The van der Waals surface area contributed by atoms with Crippen molar-refractivity contribution in [2.24, 2.45) is 7.05 Å². The van der Waals surface area contributed by atoms with Gasteiger partial charge in [0, 0.05) is 18.1 Å². The minimum Gasteiger partial charge on any atom is -0.477 e. The number of carbonyl (C=O) groups excluding carboxylic acids is 1. The number of fused-ring (bicyclic) bond motifs is 2. The molecule has 4 rings (SSSR count). The molecule has 4 heterocycles. The first-order valence-corrected chi connectivity index (χ1v) is 9.35. The lowest BCUT2D eigenvalue weighted by atomic mass is 10.1. The molecular weight excluding hydrogens is 366 g/mol. The maximum Gasteiger partial charge on any atom is 0.366 e. The standard InChI is InChI=1S/C14H13N5O4S2/c1-17-14(23)19-9(15-17)2-3-10(16-19)24-6-7-4-8(13(21)22)18-11(20)5-12(18)25-7/h2-4,7,12H,5-6H2,1H3,(H,21,22)/t7?,12-/m1/s1. The van der Waals surface area contributed by atoms with Gasteiger partial charge in [0.25, 0.3) is 0 Å². The summed E-state index contributed by atoms with van der Waals surface area (Å²) >= 11 is 3.00. The average molecular weight is 379 g/mol. The molecule has 1 unspecified atom stereocenters. The summed E-state index contributed by atoms with van der Waals surface area (Å²) in [7, 11) is 1.56. The predicted octanol–water partition coefficient (Wildman–Crippen LogP) is 0.162. The van der Waals surface area contributed by atoms with Crippen LogP contribution in [0.15, 0.2) is 33.7 Å². The highest BCUT2D eigenvalue weighted by Gasteiger charge is 2.45. The minimum absolute atomic E-state index is 0.0476. The molecule has 2 aliphatic heterocycles. The number of aliphatic carboxylic acids is 1. The van der Waals surface area contributed by atoms with Crippen molar-refractivity contribution in [3.8, 4) is 0 Å². The topological polar surface area (TPSA) is 110 Å². The molecule has 2 aromatic heterocycles. The average Bonchev–Trinajstić information content (AvgIpc) is 2.85. The lowest BCUT2D eigenvalue weighted by Crippen LogP contribution is -2.54. The van der Waals surface area contributed by atoms with Crippen LogP contribution in [0.4, 0.5) is 0 Å². The van der Waals surface area contributed by atoms with Gasteiger partial charge in [-0.2, -0.15) is 9.61 Å². The molecule has 0 saturated carbocycles. The van der Waals surface area contributed by atoms with Crippen molar-refractivity contribution < 1.29 is 14.7 Å². The van der Waals surface area contributed by atoms with Gasteiger partial charge < -0.3 is 5.11 Å². The Morgan fingerprint density at radius 1 is 1.40 bits per heavy atom. The Hall–Kier alpha value is -2.27. The Labute approximate surface area is 149 Å². The van der Waals surface area contributed by atoms with Crippen LogP contribution in [0, 0.1) is 0 Å². The molecule has 1 fully saturated rings. The van der Waals surface area contributed by atoms with Gasteiger partial charge in [-0.3, -0.25) is 9.69 Å². The van der Waals surface area contributed by atoms with Crippen molar-refractivity contribution in [1.82, 2.24) is 24.3 Å². The molecular formula is C14H13N5O4S2. The van der Waals surface area contributed by atoms with Crippen molar-refractivity contribution in [3.05, 3.63) is 34.4 Å². The van der Waals surface area contributed by atoms with Gasteiger partial charge in [0.15, 0.2) is 5.65 Å². The van der Waals surface area contributed by atoms with E-state index in [1.165, 1.54) is 25.9 Å². The van der Waals surface area contributed by atoms with E-state index in [-0.39, 0.29) is 27.9 Å². The van der Waals surface area contributed by atoms with E-state index in [2.05, 4.69) is 10.2 Å². The van der Waals surface area contributed by atoms with Gasteiger partial charge in [0.1, 0.15) is 10.7 Å². The van der Waals surface area contributed by atoms with Crippen LogP contribution in [0.2, 0.25) is 0 Å². The Morgan fingerprint density at radius 2 is 2.20 bits per heavy atom. The molecule has 9 nitrogen and oxygen atoms in total. The van der Waals surface area contributed by atoms with E-state index in [0.717, 1.165) is 0 Å². The number of hydrogen-bond donors (Lipinski definition) is 1. The highest BCUT2D eigenvalue weighted by Crippen LogP contribution is 2.41. The van der Waals surface area contributed by atoms with Crippen LogP contribution in [-0.2, 0) is 16.6 Å². The van der Waals surface area contributed by atoms with Crippen LogP contribution in [0.25, 0.3) is 5.65 Å². The molecule has 1 amide bonds. The summed E-state index contributed by atoms with van der Waals surface area (Å²) in [6.07, 6.45) is 1.98. The third kappa shape index (κ3) is 2.72. The van der Waals surface area contributed by atoms with Crippen molar-refractivity contribution in [2.75, 3.05) is 5.75 Å². The molecule has 0 aliphatic carbocycles. The molecule has 2 atom stereocenters. The largest absolute Gasteiger partial charge is 0.477 e. The van der Waals surface area contributed by atoms with E-state index in [0.29, 0.717) is 22.8 Å². The zero-order chi connectivity index (χ0) is 17.7. The molecule has 1 saturated heterocycles. The molecule has 0 bridgehead atoms. The fourth-order valence-electron chi connectivity index (χ4n) is 2.74. The van der Waals surface area contributed by atoms with Gasteiger partial charge in [-0.05, 0) is 18.2 Å². The third-order valence-corrected chi connectivity index (χ3v) is 6.55. The van der Waals surface area contributed by atoms with Gasteiger partial charge in [-0.15, -0.1) is 28.6 Å². The van der Waals surface area contributed by atoms with Crippen LogP contribution in [0.1, 0.15) is 6.42 Å². The molecule has 0 aromatic carbocycles. The molecule has 0 radical (unpaired) electrons. The Balaban J connectivity index is 1.52. The second-order valence-corrected chi connectivity index (χ2v) is 8.07. The number of thioether (sulfide) groups is 2. The smallest absolute Gasteiger partial charge is 0.366 e. The lowest BCUT2D eigenvalue weighted by Gasteiger charge is -2.44. The maximum absolute atomic E-state index is 11.9. The molecule has 130 valence electrons. The first kappa shape index (κ1) is 16.2. The highest BCUT2D eigenvalue weighted by molar-refractivity contribution is 8.03. The third-order valence-electron chi connectivity index (χ3n) is 3.96. The summed E-state index contributed by atoms with van der Waals surface area (Å²) in [6.45, 7) is 0. The monoisotopic (exact) mass is 379 g/mol. The summed E-state index contributed by atoms with van der Waals surface area (Å²) in [4.78, 5) is 36.2. The molecule has 2 aromatic rings. The number of rotatable bonds is 4. The first-order chi connectivity index (χ1) is 11.9. The van der Waals surface area contributed by atoms with Crippen molar-refractivity contribution >= 4 is 41.0 Å². The van der Waals surface area contributed by atoms with Gasteiger partial charge in [-0.25, -0.2) is 14.3 Å². The summed E-state index contributed by atoms with van der Waals surface area (Å²) in [5.41, 5.74) is 0.208. The number of carboxylic acids is 1. The van der Waals surface area contributed by atoms with Gasteiger partial charge >= 0.3 is 11.7 Å². The number of β-lactam (4-membered cyclic amide) rings is 1. The summed E-state index contributed by atoms with van der Waals surface area (Å²) in [5, 5.41) is 18.1. The van der Waals surface area contributed by atoms with E-state index in [1.807, 2.05) is 0 Å². The quantitative estimate of drug-likeness (QED) is 0.591. The number of amides is 1. The summed E-state index contributed by atoms with van der Waals surface area (Å²) < 4.78 is 2.46. The van der Waals surface area contributed by atoms with E-state index in [9.17, 15) is 19.5 Å². The highest BCUT2D eigenvalue weighted by atomic mass is 32.2. The van der Waals surface area contributed by atoms with Gasteiger partial charge in [-0.1, -0.05) is 0 Å². The molecule has 1 N–H and O–H groups in total. The zero-order valence-electron chi connectivity index (χ0n) is 13.0.